The van der Waals surface area contributed by atoms with Gasteiger partial charge in [-0.05, 0) is 19.4 Å². The van der Waals surface area contributed by atoms with Crippen LogP contribution in [-0.4, -0.2) is 16.1 Å². The number of hydrogen-bond acceptors (Lipinski definition) is 4. The molecular weight excluding hydrogens is 232 g/mol. The van der Waals surface area contributed by atoms with E-state index < -0.39 is 17.1 Å². The summed E-state index contributed by atoms with van der Waals surface area (Å²) in [6.45, 7) is 3.21. The van der Waals surface area contributed by atoms with E-state index in [1.54, 1.807) is 26.0 Å². The summed E-state index contributed by atoms with van der Waals surface area (Å²) in [6.07, 6.45) is -0.729. The zero-order valence-corrected chi connectivity index (χ0v) is 9.90. The number of aliphatic hydroxyl groups excluding tert-OH is 1. The van der Waals surface area contributed by atoms with Gasteiger partial charge in [-0.15, -0.1) is 12.4 Å². The minimum absolute atomic E-state index is 0. The molecule has 0 fully saturated rings. The van der Waals surface area contributed by atoms with Crippen molar-refractivity contribution in [3.63, 3.8) is 0 Å². The fourth-order valence-electron chi connectivity index (χ4n) is 1.31. The van der Waals surface area contributed by atoms with E-state index in [1.165, 1.54) is 6.07 Å². The Morgan fingerprint density at radius 2 is 2.06 bits per heavy atom. The molecule has 0 heterocycles. The normalized spacial score (nSPS) is 13.8. The summed E-state index contributed by atoms with van der Waals surface area (Å²) in [4.78, 5) is 10.2. The minimum atomic E-state index is -0.729. The number of aliphatic hydroxyl groups is 1. The maximum atomic E-state index is 10.7. The SMILES string of the molecule is Cc1ccc([C@@H](N)[C@H](C)O)cc1[N+](=O)[O-].Cl. The van der Waals surface area contributed by atoms with Crippen LogP contribution in [0.3, 0.4) is 0 Å². The highest BCUT2D eigenvalue weighted by Gasteiger charge is 2.17. The molecular formula is C10H15ClN2O3. The van der Waals surface area contributed by atoms with Crippen LogP contribution in [0.1, 0.15) is 24.1 Å². The third-order valence-electron chi connectivity index (χ3n) is 2.33. The van der Waals surface area contributed by atoms with Gasteiger partial charge in [0, 0.05) is 11.6 Å². The fraction of sp³-hybridized carbons (Fsp3) is 0.400. The highest BCUT2D eigenvalue weighted by Crippen LogP contribution is 2.23. The molecule has 0 aliphatic rings. The van der Waals surface area contributed by atoms with Crippen LogP contribution in [0, 0.1) is 17.0 Å². The molecule has 0 unspecified atom stereocenters. The van der Waals surface area contributed by atoms with Gasteiger partial charge >= 0.3 is 0 Å². The summed E-state index contributed by atoms with van der Waals surface area (Å²) in [7, 11) is 0. The van der Waals surface area contributed by atoms with Crippen molar-refractivity contribution in [1.29, 1.82) is 0 Å². The summed E-state index contributed by atoms with van der Waals surface area (Å²) in [6, 6.07) is 4.14. The molecule has 1 aromatic rings. The Morgan fingerprint density at radius 3 is 2.50 bits per heavy atom. The Hall–Kier alpha value is -1.17. The third kappa shape index (κ3) is 3.16. The van der Waals surface area contributed by atoms with E-state index in [0.29, 0.717) is 11.1 Å². The number of nitro benzene ring substituents is 1. The van der Waals surface area contributed by atoms with Crippen molar-refractivity contribution in [1.82, 2.24) is 0 Å². The number of nitrogens with two attached hydrogens (primary N) is 1. The minimum Gasteiger partial charge on any atom is -0.391 e. The van der Waals surface area contributed by atoms with Crippen molar-refractivity contribution in [2.75, 3.05) is 0 Å². The van der Waals surface area contributed by atoms with E-state index in [-0.39, 0.29) is 18.1 Å². The van der Waals surface area contributed by atoms with Gasteiger partial charge in [-0.3, -0.25) is 10.1 Å². The number of halogens is 1. The first-order chi connectivity index (χ1) is 6.93. The molecule has 3 N–H and O–H groups in total. The molecule has 1 aromatic carbocycles. The molecule has 0 aliphatic carbocycles. The highest BCUT2D eigenvalue weighted by molar-refractivity contribution is 5.85. The van der Waals surface area contributed by atoms with E-state index in [4.69, 9.17) is 5.73 Å². The molecule has 1 rings (SSSR count). The van der Waals surface area contributed by atoms with E-state index in [9.17, 15) is 15.2 Å². The fourth-order valence-corrected chi connectivity index (χ4v) is 1.31. The van der Waals surface area contributed by atoms with Crippen molar-refractivity contribution in [2.45, 2.75) is 26.0 Å². The molecule has 0 bridgehead atoms. The average Bonchev–Trinajstić information content (AvgIpc) is 2.16. The zero-order chi connectivity index (χ0) is 11.6. The second-order valence-corrected chi connectivity index (χ2v) is 3.57. The number of nitro groups is 1. The van der Waals surface area contributed by atoms with Crippen molar-refractivity contribution in [2.24, 2.45) is 5.73 Å². The molecule has 90 valence electrons. The lowest BCUT2D eigenvalue weighted by Gasteiger charge is -2.14. The Kier molecular flexibility index (Phi) is 5.37. The van der Waals surface area contributed by atoms with Crippen molar-refractivity contribution < 1.29 is 10.0 Å². The predicted molar refractivity (Wildman–Crippen MR) is 63.7 cm³/mol. The van der Waals surface area contributed by atoms with Crippen LogP contribution in [0.25, 0.3) is 0 Å². The summed E-state index contributed by atoms with van der Waals surface area (Å²) >= 11 is 0. The second kappa shape index (κ2) is 5.79. The van der Waals surface area contributed by atoms with E-state index in [2.05, 4.69) is 0 Å². The van der Waals surface area contributed by atoms with Gasteiger partial charge in [-0.25, -0.2) is 0 Å². The van der Waals surface area contributed by atoms with Crippen molar-refractivity contribution >= 4 is 18.1 Å². The maximum Gasteiger partial charge on any atom is 0.272 e. The first kappa shape index (κ1) is 14.8. The molecule has 0 aromatic heterocycles. The van der Waals surface area contributed by atoms with Crippen molar-refractivity contribution in [3.05, 3.63) is 39.4 Å². The van der Waals surface area contributed by atoms with Crippen LogP contribution in [0.2, 0.25) is 0 Å². The van der Waals surface area contributed by atoms with Gasteiger partial charge < -0.3 is 10.8 Å². The number of rotatable bonds is 3. The van der Waals surface area contributed by atoms with Gasteiger partial charge in [0.2, 0.25) is 0 Å². The standard InChI is InChI=1S/C10H14N2O3.ClH/c1-6-3-4-8(10(11)7(2)13)5-9(6)12(14)15;/h3-5,7,10,13H,11H2,1-2H3;1H/t7-,10-;/m0./s1. The molecule has 6 heteroatoms. The number of nitrogens with zero attached hydrogens (tertiary/aromatic N) is 1. The van der Waals surface area contributed by atoms with E-state index in [0.717, 1.165) is 0 Å². The molecule has 0 spiro atoms. The molecule has 2 atom stereocenters. The number of hydrogen-bond donors (Lipinski definition) is 2. The van der Waals surface area contributed by atoms with Gasteiger partial charge in [-0.2, -0.15) is 0 Å². The second-order valence-electron chi connectivity index (χ2n) is 3.57. The van der Waals surface area contributed by atoms with Crippen LogP contribution in [0.15, 0.2) is 18.2 Å². The van der Waals surface area contributed by atoms with Crippen LogP contribution in [0.4, 0.5) is 5.69 Å². The van der Waals surface area contributed by atoms with Crippen LogP contribution < -0.4 is 5.73 Å². The zero-order valence-electron chi connectivity index (χ0n) is 9.08. The van der Waals surface area contributed by atoms with Crippen LogP contribution in [0.5, 0.6) is 0 Å². The predicted octanol–water partition coefficient (Wildman–Crippen LogP) is 1.71. The highest BCUT2D eigenvalue weighted by atomic mass is 35.5. The first-order valence-corrected chi connectivity index (χ1v) is 4.62. The largest absolute Gasteiger partial charge is 0.391 e. The summed E-state index contributed by atoms with van der Waals surface area (Å²) < 4.78 is 0. The quantitative estimate of drug-likeness (QED) is 0.628. The molecule has 0 radical (unpaired) electrons. The Bertz CT molecular complexity index is 382. The molecule has 0 saturated carbocycles. The van der Waals surface area contributed by atoms with E-state index >= 15 is 0 Å². The molecule has 0 aliphatic heterocycles. The maximum absolute atomic E-state index is 10.7. The average molecular weight is 247 g/mol. The molecule has 16 heavy (non-hydrogen) atoms. The summed E-state index contributed by atoms with van der Waals surface area (Å²) in [5, 5.41) is 19.9. The monoisotopic (exact) mass is 246 g/mol. The van der Waals surface area contributed by atoms with Gasteiger partial charge in [0.1, 0.15) is 0 Å². The first-order valence-electron chi connectivity index (χ1n) is 4.62. The lowest BCUT2D eigenvalue weighted by molar-refractivity contribution is -0.385. The summed E-state index contributed by atoms with van der Waals surface area (Å²) in [5.74, 6) is 0. The topological polar surface area (TPSA) is 89.4 Å². The Labute approximate surface area is 99.8 Å². The van der Waals surface area contributed by atoms with Gasteiger partial charge in [0.25, 0.3) is 5.69 Å². The number of aryl methyl sites for hydroxylation is 1. The Balaban J connectivity index is 0.00000225. The molecule has 0 amide bonds. The third-order valence-corrected chi connectivity index (χ3v) is 2.33. The van der Waals surface area contributed by atoms with Gasteiger partial charge in [0.15, 0.2) is 0 Å². The van der Waals surface area contributed by atoms with Crippen LogP contribution in [-0.2, 0) is 0 Å². The molecule has 5 nitrogen and oxygen atoms in total. The van der Waals surface area contributed by atoms with E-state index in [1.807, 2.05) is 0 Å². The van der Waals surface area contributed by atoms with Crippen LogP contribution >= 0.6 is 12.4 Å². The Morgan fingerprint density at radius 1 is 1.50 bits per heavy atom. The lowest BCUT2D eigenvalue weighted by atomic mass is 10.0. The molecule has 0 saturated heterocycles. The smallest absolute Gasteiger partial charge is 0.272 e. The lowest BCUT2D eigenvalue weighted by Crippen LogP contribution is -2.23. The van der Waals surface area contributed by atoms with Gasteiger partial charge in [0.05, 0.1) is 17.1 Å². The van der Waals surface area contributed by atoms with Gasteiger partial charge in [-0.1, -0.05) is 12.1 Å². The van der Waals surface area contributed by atoms with Crippen molar-refractivity contribution in [3.8, 4) is 0 Å². The number of benzene rings is 1. The summed E-state index contributed by atoms with van der Waals surface area (Å²) in [5.41, 5.74) is 6.87.